The van der Waals surface area contributed by atoms with Crippen LogP contribution in [0.25, 0.3) is 0 Å². The van der Waals surface area contributed by atoms with Crippen molar-refractivity contribution in [3.63, 3.8) is 0 Å². The molecule has 0 bridgehead atoms. The number of nitrogens with two attached hydrogens (primary N) is 1. The second-order valence-electron chi connectivity index (χ2n) is 3.42. The number of nitrogens with zero attached hydrogens (tertiary/aromatic N) is 1. The van der Waals surface area contributed by atoms with Crippen LogP contribution in [0.4, 0.5) is 5.69 Å². The van der Waals surface area contributed by atoms with E-state index in [2.05, 4.69) is 16.6 Å². The van der Waals surface area contributed by atoms with Crippen molar-refractivity contribution in [1.82, 2.24) is 4.98 Å². The number of nitrogens with one attached hydrogen (secondary N) is 1. The second-order valence-corrected chi connectivity index (χ2v) is 4.41. The van der Waals surface area contributed by atoms with E-state index in [9.17, 15) is 4.79 Å². The molecule has 88 valence electrons. The van der Waals surface area contributed by atoms with Gasteiger partial charge in [0.05, 0.1) is 0 Å². The minimum absolute atomic E-state index is 0.300. The largest absolute Gasteiger partial charge is 0.385 e. The standard InChI is InChI=1S/C11H17N3OS/c1-16-7-3-2-5-13-9-4-6-14-10(8-9)11(12)15/h4,6,8H,2-3,5,7H2,1H3,(H2,12,15)(H,13,14). The molecule has 0 aliphatic heterocycles. The molecule has 5 heteroatoms. The molecule has 0 fully saturated rings. The molecular weight excluding hydrogens is 222 g/mol. The van der Waals surface area contributed by atoms with Gasteiger partial charge in [-0.3, -0.25) is 9.78 Å². The summed E-state index contributed by atoms with van der Waals surface area (Å²) in [5.41, 5.74) is 6.34. The predicted molar refractivity (Wildman–Crippen MR) is 68.9 cm³/mol. The first-order valence-corrected chi connectivity index (χ1v) is 6.62. The molecule has 0 saturated heterocycles. The maximum Gasteiger partial charge on any atom is 0.267 e. The van der Waals surface area contributed by atoms with Gasteiger partial charge in [0, 0.05) is 18.4 Å². The number of hydrogen-bond acceptors (Lipinski definition) is 4. The Morgan fingerprint density at radius 2 is 2.38 bits per heavy atom. The SMILES string of the molecule is CSCCCCNc1ccnc(C(N)=O)c1. The van der Waals surface area contributed by atoms with E-state index in [4.69, 9.17) is 5.73 Å². The Morgan fingerprint density at radius 3 is 3.06 bits per heavy atom. The minimum atomic E-state index is -0.494. The number of carbonyl (C=O) groups is 1. The molecule has 0 spiro atoms. The van der Waals surface area contributed by atoms with Crippen molar-refractivity contribution in [2.24, 2.45) is 5.73 Å². The van der Waals surface area contributed by atoms with E-state index in [0.717, 1.165) is 18.7 Å². The zero-order valence-corrected chi connectivity index (χ0v) is 10.2. The van der Waals surface area contributed by atoms with E-state index in [0.29, 0.717) is 5.69 Å². The average Bonchev–Trinajstić information content (AvgIpc) is 2.29. The number of primary amides is 1. The number of anilines is 1. The molecule has 1 rings (SSSR count). The normalized spacial score (nSPS) is 10.1. The number of unbranched alkanes of at least 4 members (excludes halogenated alkanes) is 1. The summed E-state index contributed by atoms with van der Waals surface area (Å²) in [6.45, 7) is 0.906. The first-order valence-electron chi connectivity index (χ1n) is 5.22. The maximum absolute atomic E-state index is 10.9. The summed E-state index contributed by atoms with van der Waals surface area (Å²) < 4.78 is 0. The summed E-state index contributed by atoms with van der Waals surface area (Å²) in [7, 11) is 0. The highest BCUT2D eigenvalue weighted by Gasteiger charge is 2.01. The van der Waals surface area contributed by atoms with Crippen LogP contribution in [0, 0.1) is 0 Å². The summed E-state index contributed by atoms with van der Waals surface area (Å²) >= 11 is 1.86. The molecule has 0 aliphatic carbocycles. The molecule has 0 saturated carbocycles. The van der Waals surface area contributed by atoms with Crippen molar-refractivity contribution in [2.75, 3.05) is 23.9 Å². The molecule has 0 aromatic carbocycles. The zero-order chi connectivity index (χ0) is 11.8. The van der Waals surface area contributed by atoms with Crippen LogP contribution in [0.2, 0.25) is 0 Å². The van der Waals surface area contributed by atoms with Crippen LogP contribution >= 0.6 is 11.8 Å². The van der Waals surface area contributed by atoms with Gasteiger partial charge in [-0.2, -0.15) is 11.8 Å². The van der Waals surface area contributed by atoms with Gasteiger partial charge in [-0.1, -0.05) is 0 Å². The first-order chi connectivity index (χ1) is 7.74. The highest BCUT2D eigenvalue weighted by molar-refractivity contribution is 7.98. The van der Waals surface area contributed by atoms with Gasteiger partial charge in [-0.05, 0) is 37.0 Å². The van der Waals surface area contributed by atoms with Gasteiger partial charge >= 0.3 is 0 Å². The number of aromatic nitrogens is 1. The third-order valence-corrected chi connectivity index (χ3v) is 2.81. The summed E-state index contributed by atoms with van der Waals surface area (Å²) in [6, 6.07) is 3.51. The lowest BCUT2D eigenvalue weighted by Crippen LogP contribution is -2.13. The van der Waals surface area contributed by atoms with Crippen molar-refractivity contribution >= 4 is 23.4 Å². The van der Waals surface area contributed by atoms with Gasteiger partial charge in [-0.25, -0.2) is 0 Å². The van der Waals surface area contributed by atoms with Crippen LogP contribution in [0.3, 0.4) is 0 Å². The van der Waals surface area contributed by atoms with Crippen LogP contribution in [-0.2, 0) is 0 Å². The molecule has 0 atom stereocenters. The lowest BCUT2D eigenvalue weighted by atomic mass is 10.3. The third kappa shape index (κ3) is 4.53. The van der Waals surface area contributed by atoms with Gasteiger partial charge < -0.3 is 11.1 Å². The molecule has 0 radical (unpaired) electrons. The summed E-state index contributed by atoms with van der Waals surface area (Å²) in [6.07, 6.45) is 6.01. The quantitative estimate of drug-likeness (QED) is 0.711. The minimum Gasteiger partial charge on any atom is -0.385 e. The van der Waals surface area contributed by atoms with Crippen molar-refractivity contribution in [3.05, 3.63) is 24.0 Å². The summed E-state index contributed by atoms with van der Waals surface area (Å²) in [5.74, 6) is 0.691. The van der Waals surface area contributed by atoms with E-state index < -0.39 is 5.91 Å². The fraction of sp³-hybridized carbons (Fsp3) is 0.455. The van der Waals surface area contributed by atoms with Crippen LogP contribution < -0.4 is 11.1 Å². The molecule has 16 heavy (non-hydrogen) atoms. The molecule has 1 heterocycles. The molecule has 0 aliphatic rings. The number of amides is 1. The molecule has 3 N–H and O–H groups in total. The van der Waals surface area contributed by atoms with Gasteiger partial charge in [0.2, 0.25) is 0 Å². The lowest BCUT2D eigenvalue weighted by Gasteiger charge is -2.06. The van der Waals surface area contributed by atoms with Crippen molar-refractivity contribution in [2.45, 2.75) is 12.8 Å². The topological polar surface area (TPSA) is 68.0 Å². The zero-order valence-electron chi connectivity index (χ0n) is 9.40. The lowest BCUT2D eigenvalue weighted by molar-refractivity contribution is 0.0995. The third-order valence-electron chi connectivity index (χ3n) is 2.12. The predicted octanol–water partition coefficient (Wildman–Crippen LogP) is 1.74. The van der Waals surface area contributed by atoms with Crippen LogP contribution in [0.5, 0.6) is 0 Å². The monoisotopic (exact) mass is 239 g/mol. The smallest absolute Gasteiger partial charge is 0.267 e. The number of rotatable bonds is 7. The van der Waals surface area contributed by atoms with E-state index in [1.54, 1.807) is 12.3 Å². The Kier molecular flexibility index (Phi) is 5.71. The van der Waals surface area contributed by atoms with Crippen LogP contribution in [0.1, 0.15) is 23.3 Å². The Hall–Kier alpha value is -1.23. The van der Waals surface area contributed by atoms with Gasteiger partial charge in [0.1, 0.15) is 5.69 Å². The van der Waals surface area contributed by atoms with Gasteiger partial charge in [0.15, 0.2) is 0 Å². The Bertz CT molecular complexity index is 344. The number of carbonyl (C=O) groups excluding carboxylic acids is 1. The molecule has 1 aromatic heterocycles. The summed E-state index contributed by atoms with van der Waals surface area (Å²) in [5, 5.41) is 3.24. The van der Waals surface area contributed by atoms with Crippen LogP contribution in [-0.4, -0.2) is 29.4 Å². The van der Waals surface area contributed by atoms with Crippen molar-refractivity contribution in [3.8, 4) is 0 Å². The Labute approximate surface area is 100 Å². The van der Waals surface area contributed by atoms with Gasteiger partial charge in [0.25, 0.3) is 5.91 Å². The Morgan fingerprint density at radius 1 is 1.56 bits per heavy atom. The average molecular weight is 239 g/mol. The molecule has 1 aromatic rings. The highest BCUT2D eigenvalue weighted by Crippen LogP contribution is 2.08. The first kappa shape index (κ1) is 12.8. The van der Waals surface area contributed by atoms with E-state index in [1.807, 2.05) is 17.8 Å². The fourth-order valence-electron chi connectivity index (χ4n) is 1.28. The highest BCUT2D eigenvalue weighted by atomic mass is 32.2. The summed E-state index contributed by atoms with van der Waals surface area (Å²) in [4.78, 5) is 14.8. The van der Waals surface area contributed by atoms with Crippen molar-refractivity contribution < 1.29 is 4.79 Å². The number of pyridine rings is 1. The van der Waals surface area contributed by atoms with Gasteiger partial charge in [-0.15, -0.1) is 0 Å². The second kappa shape index (κ2) is 7.11. The molecule has 4 nitrogen and oxygen atoms in total. The number of hydrogen-bond donors (Lipinski definition) is 2. The molecule has 1 amide bonds. The molecular formula is C11H17N3OS. The Balaban J connectivity index is 2.36. The molecule has 0 unspecified atom stereocenters. The van der Waals surface area contributed by atoms with E-state index in [-0.39, 0.29) is 0 Å². The van der Waals surface area contributed by atoms with Crippen molar-refractivity contribution in [1.29, 1.82) is 0 Å². The number of thioether (sulfide) groups is 1. The van der Waals surface area contributed by atoms with E-state index >= 15 is 0 Å². The fourth-order valence-corrected chi connectivity index (χ4v) is 1.77. The van der Waals surface area contributed by atoms with Crippen LogP contribution in [0.15, 0.2) is 18.3 Å². The van der Waals surface area contributed by atoms with E-state index in [1.165, 1.54) is 12.2 Å². The maximum atomic E-state index is 10.9.